The first-order valence-corrected chi connectivity index (χ1v) is 6.70. The molecule has 1 amide bonds. The molecule has 1 aliphatic carbocycles. The largest absolute Gasteiger partial charge is 0.348 e. The number of nitrogens with one attached hydrogen (secondary N) is 1. The molecule has 4 heteroatoms. The van der Waals surface area contributed by atoms with Gasteiger partial charge in [-0.1, -0.05) is 12.8 Å². The quantitative estimate of drug-likeness (QED) is 0.848. The van der Waals surface area contributed by atoms with E-state index in [1.165, 1.54) is 31.4 Å². The SMILES string of the molecule is O=C(NC1CCCC1)c1cc2n(n1)CCCC2. The van der Waals surface area contributed by atoms with Crippen molar-refractivity contribution >= 4 is 5.91 Å². The van der Waals surface area contributed by atoms with Gasteiger partial charge >= 0.3 is 0 Å². The first-order valence-electron chi connectivity index (χ1n) is 6.70. The minimum absolute atomic E-state index is 0.0128. The Balaban J connectivity index is 1.70. The van der Waals surface area contributed by atoms with Gasteiger partial charge in [-0.25, -0.2) is 0 Å². The second kappa shape index (κ2) is 4.51. The average Bonchev–Trinajstić information content (AvgIpc) is 2.96. The van der Waals surface area contributed by atoms with Crippen molar-refractivity contribution in [1.82, 2.24) is 15.1 Å². The summed E-state index contributed by atoms with van der Waals surface area (Å²) in [5, 5.41) is 7.49. The molecule has 17 heavy (non-hydrogen) atoms. The van der Waals surface area contributed by atoms with Gasteiger partial charge in [0.15, 0.2) is 0 Å². The summed E-state index contributed by atoms with van der Waals surface area (Å²) in [6.45, 7) is 0.964. The number of carbonyl (C=O) groups excluding carboxylic acids is 1. The lowest BCUT2D eigenvalue weighted by Crippen LogP contribution is -2.32. The van der Waals surface area contributed by atoms with Crippen LogP contribution in [0.25, 0.3) is 0 Å². The summed E-state index contributed by atoms with van der Waals surface area (Å²) in [6, 6.07) is 2.34. The summed E-state index contributed by atoms with van der Waals surface area (Å²) in [5.74, 6) is 0.0128. The highest BCUT2D eigenvalue weighted by Gasteiger charge is 2.21. The lowest BCUT2D eigenvalue weighted by atomic mass is 10.1. The molecule has 92 valence electrons. The van der Waals surface area contributed by atoms with Gasteiger partial charge in [-0.05, 0) is 38.2 Å². The van der Waals surface area contributed by atoms with Crippen LogP contribution < -0.4 is 5.32 Å². The smallest absolute Gasteiger partial charge is 0.272 e. The number of hydrogen-bond donors (Lipinski definition) is 1. The van der Waals surface area contributed by atoms with Crippen LogP contribution in [0.5, 0.6) is 0 Å². The van der Waals surface area contributed by atoms with Gasteiger partial charge in [0.1, 0.15) is 5.69 Å². The summed E-state index contributed by atoms with van der Waals surface area (Å²) in [4.78, 5) is 12.0. The van der Waals surface area contributed by atoms with Gasteiger partial charge < -0.3 is 5.32 Å². The Hall–Kier alpha value is -1.32. The van der Waals surface area contributed by atoms with Gasteiger partial charge in [-0.2, -0.15) is 5.10 Å². The molecule has 4 nitrogen and oxygen atoms in total. The molecule has 1 aromatic rings. The molecule has 1 saturated carbocycles. The lowest BCUT2D eigenvalue weighted by Gasteiger charge is -2.11. The molecule has 1 N–H and O–H groups in total. The number of nitrogens with zero attached hydrogens (tertiary/aromatic N) is 2. The highest BCUT2D eigenvalue weighted by molar-refractivity contribution is 5.92. The number of amides is 1. The van der Waals surface area contributed by atoms with Crippen molar-refractivity contribution in [2.75, 3.05) is 0 Å². The third-order valence-corrected chi connectivity index (χ3v) is 3.84. The molecule has 2 heterocycles. The van der Waals surface area contributed by atoms with E-state index in [1.807, 2.05) is 10.7 Å². The maximum absolute atomic E-state index is 12.0. The summed E-state index contributed by atoms with van der Waals surface area (Å²) in [7, 11) is 0. The number of carbonyl (C=O) groups is 1. The van der Waals surface area contributed by atoms with Gasteiger partial charge in [0, 0.05) is 18.3 Å². The zero-order valence-corrected chi connectivity index (χ0v) is 10.1. The third-order valence-electron chi connectivity index (χ3n) is 3.84. The van der Waals surface area contributed by atoms with E-state index in [1.54, 1.807) is 0 Å². The summed E-state index contributed by atoms with van der Waals surface area (Å²) in [6.07, 6.45) is 8.19. The van der Waals surface area contributed by atoms with Gasteiger partial charge in [-0.3, -0.25) is 9.48 Å². The van der Waals surface area contributed by atoms with Crippen LogP contribution in [-0.2, 0) is 13.0 Å². The lowest BCUT2D eigenvalue weighted by molar-refractivity contribution is 0.0932. The zero-order chi connectivity index (χ0) is 11.7. The van der Waals surface area contributed by atoms with Crippen LogP contribution in [0.15, 0.2) is 6.07 Å². The van der Waals surface area contributed by atoms with E-state index in [9.17, 15) is 4.79 Å². The van der Waals surface area contributed by atoms with E-state index < -0.39 is 0 Å². The van der Waals surface area contributed by atoms with Crippen LogP contribution >= 0.6 is 0 Å². The number of fused-ring (bicyclic) bond motifs is 1. The van der Waals surface area contributed by atoms with Crippen LogP contribution in [0.2, 0.25) is 0 Å². The second-order valence-electron chi connectivity index (χ2n) is 5.16. The molecule has 0 aromatic carbocycles. The summed E-state index contributed by atoms with van der Waals surface area (Å²) in [5.41, 5.74) is 1.82. The van der Waals surface area contributed by atoms with E-state index in [-0.39, 0.29) is 5.91 Å². The van der Waals surface area contributed by atoms with Crippen molar-refractivity contribution in [2.24, 2.45) is 0 Å². The first-order chi connectivity index (χ1) is 8.33. The predicted octanol–water partition coefficient (Wildman–Crippen LogP) is 1.89. The van der Waals surface area contributed by atoms with Gasteiger partial charge in [0.2, 0.25) is 0 Å². The molecule has 2 aliphatic rings. The molecule has 0 spiro atoms. The highest BCUT2D eigenvalue weighted by Crippen LogP contribution is 2.19. The van der Waals surface area contributed by atoms with Crippen LogP contribution in [0, 0.1) is 0 Å². The zero-order valence-electron chi connectivity index (χ0n) is 10.1. The van der Waals surface area contributed by atoms with Crippen molar-refractivity contribution in [3.05, 3.63) is 17.5 Å². The number of hydrogen-bond acceptors (Lipinski definition) is 2. The molecule has 1 aromatic heterocycles. The Bertz CT molecular complexity index is 395. The Morgan fingerprint density at radius 1 is 1.29 bits per heavy atom. The molecule has 3 rings (SSSR count). The van der Waals surface area contributed by atoms with Crippen LogP contribution in [0.1, 0.15) is 54.7 Å². The monoisotopic (exact) mass is 233 g/mol. The van der Waals surface area contributed by atoms with E-state index in [4.69, 9.17) is 0 Å². The minimum Gasteiger partial charge on any atom is -0.348 e. The van der Waals surface area contributed by atoms with Crippen molar-refractivity contribution in [3.63, 3.8) is 0 Å². The summed E-state index contributed by atoms with van der Waals surface area (Å²) < 4.78 is 1.99. The molecule has 0 atom stereocenters. The van der Waals surface area contributed by atoms with Crippen molar-refractivity contribution in [1.29, 1.82) is 0 Å². The van der Waals surface area contributed by atoms with Crippen LogP contribution in [-0.4, -0.2) is 21.7 Å². The Labute approximate surface area is 101 Å². The molecule has 0 radical (unpaired) electrons. The fourth-order valence-electron chi connectivity index (χ4n) is 2.86. The van der Waals surface area contributed by atoms with Crippen molar-refractivity contribution in [3.8, 4) is 0 Å². The molecule has 1 fully saturated rings. The van der Waals surface area contributed by atoms with Gasteiger partial charge in [-0.15, -0.1) is 0 Å². The van der Waals surface area contributed by atoms with E-state index in [0.29, 0.717) is 11.7 Å². The Kier molecular flexibility index (Phi) is 2.87. The predicted molar refractivity (Wildman–Crippen MR) is 64.9 cm³/mol. The Morgan fingerprint density at radius 3 is 2.88 bits per heavy atom. The van der Waals surface area contributed by atoms with E-state index in [0.717, 1.165) is 25.8 Å². The fraction of sp³-hybridized carbons (Fsp3) is 0.692. The maximum atomic E-state index is 12.0. The van der Waals surface area contributed by atoms with Crippen LogP contribution in [0.4, 0.5) is 0 Å². The van der Waals surface area contributed by atoms with Crippen molar-refractivity contribution in [2.45, 2.75) is 57.5 Å². The first kappa shape index (κ1) is 10.8. The van der Waals surface area contributed by atoms with Crippen molar-refractivity contribution < 1.29 is 4.79 Å². The normalized spacial score (nSPS) is 20.2. The second-order valence-corrected chi connectivity index (χ2v) is 5.16. The third kappa shape index (κ3) is 2.21. The highest BCUT2D eigenvalue weighted by atomic mass is 16.2. The van der Waals surface area contributed by atoms with E-state index in [2.05, 4.69) is 10.4 Å². The molecule has 0 saturated heterocycles. The minimum atomic E-state index is 0.0128. The molecular formula is C13H19N3O. The maximum Gasteiger partial charge on any atom is 0.272 e. The topological polar surface area (TPSA) is 46.9 Å². The molecule has 1 aliphatic heterocycles. The number of rotatable bonds is 2. The standard InChI is InChI=1S/C13H19N3O/c17-13(14-10-5-1-2-6-10)12-9-11-7-3-4-8-16(11)15-12/h9-10H,1-8H2,(H,14,17). The fourth-order valence-corrected chi connectivity index (χ4v) is 2.86. The van der Waals surface area contributed by atoms with Gasteiger partial charge in [0.05, 0.1) is 0 Å². The van der Waals surface area contributed by atoms with Crippen LogP contribution in [0.3, 0.4) is 0 Å². The number of aromatic nitrogens is 2. The molecule has 0 unspecified atom stereocenters. The summed E-state index contributed by atoms with van der Waals surface area (Å²) >= 11 is 0. The average molecular weight is 233 g/mol. The number of aryl methyl sites for hydroxylation is 2. The van der Waals surface area contributed by atoms with E-state index >= 15 is 0 Å². The molecular weight excluding hydrogens is 214 g/mol. The Morgan fingerprint density at radius 2 is 2.12 bits per heavy atom. The molecule has 0 bridgehead atoms. The van der Waals surface area contributed by atoms with Gasteiger partial charge in [0.25, 0.3) is 5.91 Å².